The van der Waals surface area contributed by atoms with Gasteiger partial charge in [-0.2, -0.15) is 0 Å². The Morgan fingerprint density at radius 1 is 1.55 bits per heavy atom. The van der Waals surface area contributed by atoms with Gasteiger partial charge in [-0.05, 0) is 19.2 Å². The molecule has 1 aromatic rings. The van der Waals surface area contributed by atoms with E-state index >= 15 is 0 Å². The number of hydrogen-bond donors (Lipinski definition) is 4. The van der Waals surface area contributed by atoms with Crippen molar-refractivity contribution in [2.75, 3.05) is 11.9 Å². The minimum Gasteiger partial charge on any atom is -0.394 e. The summed E-state index contributed by atoms with van der Waals surface area (Å²) in [6.45, 7) is 3.20. The molecule has 0 bridgehead atoms. The van der Waals surface area contributed by atoms with Crippen LogP contribution in [0.2, 0.25) is 0 Å². The highest BCUT2D eigenvalue weighted by molar-refractivity contribution is 7.10. The fourth-order valence-corrected chi connectivity index (χ4v) is 4.01. The minimum absolute atomic E-state index is 0.0566. The molecule has 110 valence electrons. The van der Waals surface area contributed by atoms with Crippen LogP contribution in [0, 0.1) is 0 Å². The van der Waals surface area contributed by atoms with E-state index in [0.717, 1.165) is 16.1 Å². The van der Waals surface area contributed by atoms with Crippen molar-refractivity contribution in [2.45, 2.75) is 43.8 Å². The molecule has 0 amide bonds. The van der Waals surface area contributed by atoms with E-state index in [2.05, 4.69) is 10.3 Å². The first kappa shape index (κ1) is 14.0. The monoisotopic (exact) mass is 298 g/mol. The topological polar surface area (TPSA) is 94.3 Å². The molecule has 1 fully saturated rings. The van der Waals surface area contributed by atoms with Crippen molar-refractivity contribution in [3.05, 3.63) is 15.8 Å². The van der Waals surface area contributed by atoms with Crippen LogP contribution in [-0.2, 0) is 4.74 Å². The highest BCUT2D eigenvalue weighted by Gasteiger charge is 2.53. The third-order valence-electron chi connectivity index (χ3n) is 4.02. The number of nitrogens with zero attached hydrogens (tertiary/aromatic N) is 1. The van der Waals surface area contributed by atoms with Crippen molar-refractivity contribution in [3.63, 3.8) is 0 Å². The van der Waals surface area contributed by atoms with E-state index < -0.39 is 23.9 Å². The highest BCUT2D eigenvalue weighted by Crippen LogP contribution is 2.48. The van der Waals surface area contributed by atoms with Crippen molar-refractivity contribution >= 4 is 23.4 Å². The van der Waals surface area contributed by atoms with Crippen LogP contribution in [0.15, 0.2) is 10.4 Å². The van der Waals surface area contributed by atoms with Crippen molar-refractivity contribution in [3.8, 4) is 0 Å². The van der Waals surface area contributed by atoms with Crippen LogP contribution in [0.25, 0.3) is 0 Å². The zero-order valence-electron chi connectivity index (χ0n) is 11.3. The molecule has 2 aliphatic rings. The van der Waals surface area contributed by atoms with E-state index in [4.69, 9.17) is 4.74 Å². The van der Waals surface area contributed by atoms with Crippen LogP contribution in [0.5, 0.6) is 0 Å². The van der Waals surface area contributed by atoms with E-state index in [1.807, 2.05) is 12.3 Å². The van der Waals surface area contributed by atoms with Gasteiger partial charge in [0.25, 0.3) is 0 Å². The molecule has 0 radical (unpaired) electrons. The predicted molar refractivity (Wildman–Crippen MR) is 76.2 cm³/mol. The molecule has 1 aromatic heterocycles. The maximum absolute atomic E-state index is 10.5. The number of thiophene rings is 1. The van der Waals surface area contributed by atoms with Crippen LogP contribution in [0.3, 0.4) is 0 Å². The van der Waals surface area contributed by atoms with Gasteiger partial charge in [0.2, 0.25) is 0 Å². The first-order valence-corrected chi connectivity index (χ1v) is 7.41. The zero-order chi connectivity index (χ0) is 14.5. The predicted octanol–water partition coefficient (Wildman–Crippen LogP) is 0.807. The number of aliphatic hydroxyl groups excluding tert-OH is 2. The molecule has 4 N–H and O–H groups in total. The Morgan fingerprint density at radius 2 is 2.30 bits per heavy atom. The Balaban J connectivity index is 1.99. The Bertz CT molecular complexity index is 542. The zero-order valence-corrected chi connectivity index (χ0v) is 12.1. The molecule has 1 saturated heterocycles. The molecule has 3 heterocycles. The van der Waals surface area contributed by atoms with Crippen molar-refractivity contribution in [1.82, 2.24) is 0 Å². The summed E-state index contributed by atoms with van der Waals surface area (Å²) >= 11 is 1.46. The number of aliphatic imine (C=N–C) groups is 1. The average molecular weight is 298 g/mol. The molecule has 0 spiro atoms. The van der Waals surface area contributed by atoms with E-state index in [0.29, 0.717) is 0 Å². The molecular formula is C13H18N2O4S. The van der Waals surface area contributed by atoms with Crippen LogP contribution >= 0.6 is 11.3 Å². The third kappa shape index (κ3) is 1.89. The summed E-state index contributed by atoms with van der Waals surface area (Å²) in [7, 11) is 0. The molecule has 5 unspecified atom stereocenters. The standard InChI is InChI=1S/C13H18N2O4S/c1-6-7-4-20-10(9(7)15-5-14-6)12-13(2,18)11(17)8(3-16)19-12/h4-6,8,11-12,16-18H,3H2,1-2H3,(H,14,15). The Kier molecular flexibility index (Phi) is 3.34. The minimum atomic E-state index is -1.44. The molecule has 20 heavy (non-hydrogen) atoms. The number of aliphatic hydroxyl groups is 3. The highest BCUT2D eigenvalue weighted by atomic mass is 32.1. The number of fused-ring (bicyclic) bond motifs is 1. The summed E-state index contributed by atoms with van der Waals surface area (Å²) < 4.78 is 5.66. The maximum atomic E-state index is 10.5. The van der Waals surface area contributed by atoms with Gasteiger partial charge in [-0.15, -0.1) is 11.3 Å². The van der Waals surface area contributed by atoms with Crippen LogP contribution in [0.4, 0.5) is 5.69 Å². The van der Waals surface area contributed by atoms with Crippen molar-refractivity contribution in [1.29, 1.82) is 0 Å². The lowest BCUT2D eigenvalue weighted by molar-refractivity contribution is -0.0632. The van der Waals surface area contributed by atoms with Gasteiger partial charge in [0.1, 0.15) is 23.9 Å². The molecule has 0 aliphatic carbocycles. The molecular weight excluding hydrogens is 280 g/mol. The molecule has 0 aromatic carbocycles. The Morgan fingerprint density at radius 3 is 2.95 bits per heavy atom. The van der Waals surface area contributed by atoms with Gasteiger partial charge in [0, 0.05) is 5.56 Å². The van der Waals surface area contributed by atoms with Gasteiger partial charge in [-0.25, -0.2) is 0 Å². The van der Waals surface area contributed by atoms with Gasteiger partial charge < -0.3 is 25.4 Å². The summed E-state index contributed by atoms with van der Waals surface area (Å²) in [4.78, 5) is 5.09. The summed E-state index contributed by atoms with van der Waals surface area (Å²) in [6, 6.07) is 0.0566. The number of rotatable bonds is 2. The summed E-state index contributed by atoms with van der Waals surface area (Å²) in [5.74, 6) is 0. The fraction of sp³-hybridized carbons (Fsp3) is 0.615. The Hall–Kier alpha value is -0.990. The molecule has 3 rings (SSSR count). The second-order valence-corrected chi connectivity index (χ2v) is 6.35. The third-order valence-corrected chi connectivity index (χ3v) is 5.06. The van der Waals surface area contributed by atoms with Crippen LogP contribution in [-0.4, -0.2) is 46.1 Å². The fourth-order valence-electron chi connectivity index (χ4n) is 2.72. The maximum Gasteiger partial charge on any atom is 0.125 e. The molecule has 5 atom stereocenters. The SMILES string of the molecule is CC1N=CNc2c1csc2C1OC(CO)C(O)C1(C)O. The quantitative estimate of drug-likeness (QED) is 0.648. The second kappa shape index (κ2) is 4.78. The first-order chi connectivity index (χ1) is 9.46. The summed E-state index contributed by atoms with van der Waals surface area (Å²) in [6.07, 6.45) is -0.936. The largest absolute Gasteiger partial charge is 0.394 e. The van der Waals surface area contributed by atoms with Crippen LogP contribution in [0.1, 0.15) is 36.4 Å². The van der Waals surface area contributed by atoms with Gasteiger partial charge in [0.05, 0.1) is 29.6 Å². The van der Waals surface area contributed by atoms with Gasteiger partial charge in [0.15, 0.2) is 0 Å². The first-order valence-electron chi connectivity index (χ1n) is 6.53. The second-order valence-electron chi connectivity index (χ2n) is 5.44. The van der Waals surface area contributed by atoms with Gasteiger partial charge in [-0.1, -0.05) is 0 Å². The van der Waals surface area contributed by atoms with E-state index in [9.17, 15) is 15.3 Å². The summed E-state index contributed by atoms with van der Waals surface area (Å²) in [5, 5.41) is 34.9. The van der Waals surface area contributed by atoms with Gasteiger partial charge in [-0.3, -0.25) is 4.99 Å². The Labute approximate surface area is 120 Å². The normalized spacial score (nSPS) is 39.6. The van der Waals surface area contributed by atoms with Crippen LogP contribution < -0.4 is 5.32 Å². The van der Waals surface area contributed by atoms with E-state index in [1.54, 1.807) is 6.34 Å². The number of ether oxygens (including phenoxy) is 1. The lowest BCUT2D eigenvalue weighted by Gasteiger charge is -2.27. The summed E-state index contributed by atoms with van der Waals surface area (Å²) in [5.41, 5.74) is 0.494. The van der Waals surface area contributed by atoms with Crippen molar-refractivity contribution < 1.29 is 20.1 Å². The van der Waals surface area contributed by atoms with Crippen molar-refractivity contribution in [2.24, 2.45) is 4.99 Å². The molecule has 0 saturated carbocycles. The number of hydrogen-bond acceptors (Lipinski definition) is 7. The lowest BCUT2D eigenvalue weighted by atomic mass is 9.91. The molecule has 7 heteroatoms. The lowest BCUT2D eigenvalue weighted by Crippen LogP contribution is -2.42. The number of anilines is 1. The molecule has 6 nitrogen and oxygen atoms in total. The molecule has 2 aliphatic heterocycles. The van der Waals surface area contributed by atoms with E-state index in [1.165, 1.54) is 18.3 Å². The average Bonchev–Trinajstić information content (AvgIpc) is 2.92. The smallest absolute Gasteiger partial charge is 0.125 e. The number of nitrogens with one attached hydrogen (secondary N) is 1. The van der Waals surface area contributed by atoms with E-state index in [-0.39, 0.29) is 12.6 Å². The van der Waals surface area contributed by atoms with Gasteiger partial charge >= 0.3 is 0 Å².